The third-order valence-electron chi connectivity index (χ3n) is 5.96. The highest BCUT2D eigenvalue weighted by molar-refractivity contribution is 5.90. The number of aromatic amines is 1. The lowest BCUT2D eigenvalue weighted by Gasteiger charge is -2.31. The smallest absolute Gasteiger partial charge is 0.338 e. The maximum absolute atomic E-state index is 12.7. The molecule has 1 N–H and O–H groups in total. The van der Waals surface area contributed by atoms with Crippen LogP contribution in [0, 0.1) is 6.92 Å². The van der Waals surface area contributed by atoms with E-state index in [1.807, 2.05) is 0 Å². The predicted octanol–water partition coefficient (Wildman–Crippen LogP) is 2.90. The van der Waals surface area contributed by atoms with Crippen LogP contribution in [0.3, 0.4) is 0 Å². The van der Waals surface area contributed by atoms with Crippen LogP contribution >= 0.6 is 0 Å². The van der Waals surface area contributed by atoms with Gasteiger partial charge in [0.05, 0.1) is 17.2 Å². The molecule has 12 nitrogen and oxygen atoms in total. The summed E-state index contributed by atoms with van der Waals surface area (Å²) in [6.45, 7) is 0.630. The van der Waals surface area contributed by atoms with E-state index >= 15 is 0 Å². The van der Waals surface area contributed by atoms with Crippen LogP contribution in [0.15, 0.2) is 81.6 Å². The molecule has 37 heavy (non-hydrogen) atoms. The molecule has 0 bridgehead atoms. The summed E-state index contributed by atoms with van der Waals surface area (Å²) < 4.78 is 18.3. The molecule has 190 valence electrons. The third-order valence-corrected chi connectivity index (χ3v) is 5.96. The molecule has 0 aliphatic carbocycles. The first-order valence-electron chi connectivity index (χ1n) is 11.3. The number of rotatable bonds is 8. The first-order valence-corrected chi connectivity index (χ1v) is 11.3. The number of aryl methyl sites for hydroxylation is 1. The average Bonchev–Trinajstić information content (AvgIpc) is 3.27. The number of benzene rings is 2. The Morgan fingerprint density at radius 1 is 1.05 bits per heavy atom. The predicted molar refractivity (Wildman–Crippen MR) is 130 cm³/mol. The Morgan fingerprint density at radius 2 is 1.59 bits per heavy atom. The van der Waals surface area contributed by atoms with Crippen molar-refractivity contribution in [3.05, 3.63) is 115 Å². The standard InChI is InChI=1S/C25H23N5O7/c1-16-13-30(24(34)27-21(16)31)20-12-19(28-29-26)25(37-20,14-35-22(32)17-8-4-2-5-9-17)15-36-23(33)18-10-6-3-7-11-18/h2-11,13,19-20H,12,14-15H2,1H3,(H,27,31,34)/t19-,20+/m0/s1. The fraction of sp³-hybridized carbons (Fsp3) is 0.280. The van der Waals surface area contributed by atoms with Gasteiger partial charge in [0.25, 0.3) is 5.56 Å². The van der Waals surface area contributed by atoms with Gasteiger partial charge in [0.1, 0.15) is 25.0 Å². The molecule has 12 heteroatoms. The Morgan fingerprint density at radius 3 is 2.11 bits per heavy atom. The fourth-order valence-electron chi connectivity index (χ4n) is 3.98. The van der Waals surface area contributed by atoms with Gasteiger partial charge >= 0.3 is 17.6 Å². The molecule has 1 fully saturated rings. The quantitative estimate of drug-likeness (QED) is 0.213. The van der Waals surface area contributed by atoms with Crippen LogP contribution in [-0.4, -0.2) is 46.3 Å². The summed E-state index contributed by atoms with van der Waals surface area (Å²) in [5, 5.41) is 3.81. The number of carbonyl (C=O) groups is 2. The van der Waals surface area contributed by atoms with Gasteiger partial charge in [-0.15, -0.1) is 0 Å². The van der Waals surface area contributed by atoms with Gasteiger partial charge in [-0.05, 0) is 36.7 Å². The van der Waals surface area contributed by atoms with Gasteiger partial charge in [-0.1, -0.05) is 41.5 Å². The molecular formula is C25H23N5O7. The van der Waals surface area contributed by atoms with Crippen molar-refractivity contribution in [2.45, 2.75) is 31.2 Å². The summed E-state index contributed by atoms with van der Waals surface area (Å²) in [6.07, 6.45) is 0.298. The van der Waals surface area contributed by atoms with E-state index in [0.717, 1.165) is 4.57 Å². The van der Waals surface area contributed by atoms with Gasteiger partial charge in [0, 0.05) is 23.1 Å². The lowest BCUT2D eigenvalue weighted by atomic mass is 9.96. The number of azide groups is 1. The maximum Gasteiger partial charge on any atom is 0.338 e. The zero-order valence-electron chi connectivity index (χ0n) is 19.8. The van der Waals surface area contributed by atoms with Gasteiger partial charge < -0.3 is 14.2 Å². The van der Waals surface area contributed by atoms with E-state index in [2.05, 4.69) is 15.0 Å². The fourth-order valence-corrected chi connectivity index (χ4v) is 3.98. The average molecular weight is 505 g/mol. The Balaban J connectivity index is 1.66. The minimum atomic E-state index is -1.62. The van der Waals surface area contributed by atoms with Crippen molar-refractivity contribution in [2.24, 2.45) is 5.11 Å². The van der Waals surface area contributed by atoms with Crippen LogP contribution < -0.4 is 11.2 Å². The van der Waals surface area contributed by atoms with Crippen molar-refractivity contribution in [1.29, 1.82) is 0 Å². The van der Waals surface area contributed by atoms with Crippen molar-refractivity contribution in [2.75, 3.05) is 13.2 Å². The van der Waals surface area contributed by atoms with E-state index in [1.165, 1.54) is 13.1 Å². The van der Waals surface area contributed by atoms with E-state index in [4.69, 9.17) is 14.2 Å². The molecule has 2 heterocycles. The molecule has 0 unspecified atom stereocenters. The van der Waals surface area contributed by atoms with Crippen molar-refractivity contribution < 1.29 is 23.8 Å². The van der Waals surface area contributed by atoms with Gasteiger partial charge in [0.15, 0.2) is 0 Å². The van der Waals surface area contributed by atoms with Gasteiger partial charge in [-0.3, -0.25) is 14.3 Å². The Bertz CT molecular complexity index is 1390. The monoisotopic (exact) mass is 505 g/mol. The Hall–Kier alpha value is -4.67. The number of nitrogens with one attached hydrogen (secondary N) is 1. The van der Waals surface area contributed by atoms with Crippen LogP contribution in [0.5, 0.6) is 0 Å². The molecule has 4 rings (SSSR count). The van der Waals surface area contributed by atoms with Crippen molar-refractivity contribution >= 4 is 11.9 Å². The normalized spacial score (nSPS) is 18.0. The van der Waals surface area contributed by atoms with Gasteiger partial charge in [-0.2, -0.15) is 0 Å². The third kappa shape index (κ3) is 5.61. The number of ether oxygens (including phenoxy) is 3. The summed E-state index contributed by atoms with van der Waals surface area (Å²) in [6, 6.07) is 15.4. The zero-order valence-corrected chi connectivity index (χ0v) is 19.8. The molecule has 1 aliphatic heterocycles. The molecule has 1 saturated heterocycles. The lowest BCUT2D eigenvalue weighted by Crippen LogP contribution is -2.48. The number of hydrogen-bond donors (Lipinski definition) is 1. The Kier molecular flexibility index (Phi) is 7.52. The van der Waals surface area contributed by atoms with E-state index in [1.54, 1.807) is 60.7 Å². The van der Waals surface area contributed by atoms with E-state index in [9.17, 15) is 24.7 Å². The number of H-pyrrole nitrogens is 1. The first kappa shape index (κ1) is 25.4. The molecule has 0 amide bonds. The lowest BCUT2D eigenvalue weighted by molar-refractivity contribution is -0.131. The molecule has 3 aromatic rings. The molecule has 1 aliphatic rings. The van der Waals surface area contributed by atoms with Gasteiger partial charge in [-0.25, -0.2) is 14.4 Å². The number of carbonyl (C=O) groups excluding carboxylic acids is 2. The summed E-state index contributed by atoms with van der Waals surface area (Å²) in [5.74, 6) is -1.34. The number of aromatic nitrogens is 2. The minimum absolute atomic E-state index is 0.0127. The van der Waals surface area contributed by atoms with Gasteiger partial charge in [0.2, 0.25) is 0 Å². The van der Waals surface area contributed by atoms with Crippen LogP contribution in [0.2, 0.25) is 0 Å². The highest BCUT2D eigenvalue weighted by Crippen LogP contribution is 2.39. The largest absolute Gasteiger partial charge is 0.459 e. The first-order chi connectivity index (χ1) is 17.8. The number of esters is 2. The Labute approximate surface area is 210 Å². The summed E-state index contributed by atoms with van der Waals surface area (Å²) >= 11 is 0. The SMILES string of the molecule is Cc1cn([C@H]2C[C@H](N=[N+]=[N-])C(COC(=O)c3ccccc3)(COC(=O)c3ccccc3)O2)c(=O)[nH]c1=O. The second-order valence-corrected chi connectivity index (χ2v) is 8.46. The van der Waals surface area contributed by atoms with Crippen LogP contribution in [-0.2, 0) is 14.2 Å². The number of nitrogens with zero attached hydrogens (tertiary/aromatic N) is 4. The molecule has 0 radical (unpaired) electrons. The van der Waals surface area contributed by atoms with E-state index in [0.29, 0.717) is 0 Å². The second-order valence-electron chi connectivity index (χ2n) is 8.46. The van der Waals surface area contributed by atoms with E-state index < -0.39 is 54.3 Å². The summed E-state index contributed by atoms with van der Waals surface area (Å²) in [7, 11) is 0. The second kappa shape index (κ2) is 10.9. The topological polar surface area (TPSA) is 165 Å². The zero-order chi connectivity index (χ0) is 26.4. The molecule has 1 aromatic heterocycles. The highest BCUT2D eigenvalue weighted by atomic mass is 16.6. The molecule has 0 spiro atoms. The van der Waals surface area contributed by atoms with Crippen LogP contribution in [0.25, 0.3) is 10.4 Å². The van der Waals surface area contributed by atoms with Crippen LogP contribution in [0.4, 0.5) is 0 Å². The van der Waals surface area contributed by atoms with Crippen LogP contribution in [0.1, 0.15) is 38.9 Å². The molecule has 0 saturated carbocycles. The van der Waals surface area contributed by atoms with Crippen molar-refractivity contribution in [3.63, 3.8) is 0 Å². The number of hydrogen-bond acceptors (Lipinski definition) is 8. The molecule has 2 aromatic carbocycles. The summed E-state index contributed by atoms with van der Waals surface area (Å²) in [5.41, 5.74) is 7.14. The van der Waals surface area contributed by atoms with E-state index in [-0.39, 0.29) is 23.1 Å². The summed E-state index contributed by atoms with van der Waals surface area (Å²) in [4.78, 5) is 54.8. The van der Waals surface area contributed by atoms with Crippen molar-refractivity contribution in [3.8, 4) is 0 Å². The highest BCUT2D eigenvalue weighted by Gasteiger charge is 2.51. The maximum atomic E-state index is 12.7. The van der Waals surface area contributed by atoms with Crippen molar-refractivity contribution in [1.82, 2.24) is 9.55 Å². The molecule has 2 atom stereocenters. The minimum Gasteiger partial charge on any atom is -0.459 e. The molecular weight excluding hydrogens is 482 g/mol.